The van der Waals surface area contributed by atoms with Crippen molar-refractivity contribution in [1.29, 1.82) is 0 Å². The average Bonchev–Trinajstić information content (AvgIpc) is 2.87. The number of carbonyl (C=O) groups is 1. The fourth-order valence-electron chi connectivity index (χ4n) is 1.89. The van der Waals surface area contributed by atoms with Crippen LogP contribution < -0.4 is 4.72 Å². The zero-order chi connectivity index (χ0) is 15.4. The minimum absolute atomic E-state index is 0.190. The van der Waals surface area contributed by atoms with Gasteiger partial charge in [-0.1, -0.05) is 0 Å². The molecule has 20 heavy (non-hydrogen) atoms. The second-order valence-electron chi connectivity index (χ2n) is 5.00. The number of nitrogens with zero attached hydrogens (tertiary/aromatic N) is 1. The van der Waals surface area contributed by atoms with Gasteiger partial charge in [-0.25, -0.2) is 0 Å². The Morgan fingerprint density at radius 1 is 1.55 bits per heavy atom. The van der Waals surface area contributed by atoms with Crippen LogP contribution in [0, 0.1) is 0 Å². The Hall–Kier alpha value is -0.740. The van der Waals surface area contributed by atoms with E-state index in [0.29, 0.717) is 12.8 Å². The smallest absolute Gasteiger partial charge is 0.324 e. The summed E-state index contributed by atoms with van der Waals surface area (Å²) in [6.45, 7) is 2.47. The van der Waals surface area contributed by atoms with Gasteiger partial charge in [0.15, 0.2) is 0 Å². The minimum atomic E-state index is -3.90. The predicted molar refractivity (Wildman–Crippen MR) is 71.0 cm³/mol. The average molecular weight is 310 g/mol. The fourth-order valence-corrected chi connectivity index (χ4v) is 3.44. The van der Waals surface area contributed by atoms with Gasteiger partial charge in [0, 0.05) is 13.1 Å². The van der Waals surface area contributed by atoms with Gasteiger partial charge in [0.2, 0.25) is 0 Å². The molecule has 1 aliphatic rings. The Labute approximate surface area is 118 Å². The molecular formula is C11H22N2O6S. The Kier molecular flexibility index (Phi) is 5.90. The molecule has 0 aliphatic carbocycles. The second kappa shape index (κ2) is 6.81. The highest BCUT2D eigenvalue weighted by molar-refractivity contribution is 7.87. The van der Waals surface area contributed by atoms with Crippen LogP contribution in [-0.4, -0.2) is 66.9 Å². The normalized spacial score (nSPS) is 23.5. The Bertz CT molecular complexity index is 436. The van der Waals surface area contributed by atoms with Crippen molar-refractivity contribution >= 4 is 16.2 Å². The highest BCUT2D eigenvalue weighted by atomic mass is 32.2. The molecule has 0 amide bonds. The van der Waals surface area contributed by atoms with Crippen molar-refractivity contribution in [3.8, 4) is 0 Å². The topological polar surface area (TPSA) is 116 Å². The van der Waals surface area contributed by atoms with Gasteiger partial charge < -0.3 is 14.9 Å². The molecule has 1 saturated heterocycles. The number of esters is 1. The van der Waals surface area contributed by atoms with Gasteiger partial charge in [-0.15, -0.1) is 0 Å². The summed E-state index contributed by atoms with van der Waals surface area (Å²) in [7, 11) is -3.90. The molecule has 118 valence electrons. The second-order valence-corrected chi connectivity index (χ2v) is 6.71. The first-order valence-electron chi connectivity index (χ1n) is 6.50. The molecule has 1 rings (SSSR count). The lowest BCUT2D eigenvalue weighted by Crippen LogP contribution is -2.51. The number of hydrogen-bond donors (Lipinski definition) is 3. The molecule has 2 atom stereocenters. The van der Waals surface area contributed by atoms with Crippen LogP contribution in [-0.2, 0) is 19.7 Å². The maximum absolute atomic E-state index is 12.1. The van der Waals surface area contributed by atoms with Gasteiger partial charge in [-0.3, -0.25) is 4.79 Å². The van der Waals surface area contributed by atoms with Gasteiger partial charge in [0.25, 0.3) is 10.2 Å². The van der Waals surface area contributed by atoms with Gasteiger partial charge in [-0.2, -0.15) is 17.4 Å². The molecule has 9 heteroatoms. The van der Waals surface area contributed by atoms with Crippen molar-refractivity contribution in [3.05, 3.63) is 0 Å². The molecule has 1 heterocycles. The van der Waals surface area contributed by atoms with E-state index >= 15 is 0 Å². The highest BCUT2D eigenvalue weighted by Gasteiger charge is 2.40. The lowest BCUT2D eigenvalue weighted by Gasteiger charge is -2.26. The van der Waals surface area contributed by atoms with E-state index in [1.165, 1.54) is 6.92 Å². The first-order valence-corrected chi connectivity index (χ1v) is 7.94. The lowest BCUT2D eigenvalue weighted by atomic mass is 10.1. The zero-order valence-corrected chi connectivity index (χ0v) is 12.5. The first kappa shape index (κ1) is 17.3. The molecule has 0 aromatic heterocycles. The molecular weight excluding hydrogens is 288 g/mol. The Morgan fingerprint density at radius 3 is 2.75 bits per heavy atom. The number of ether oxygens (including phenoxy) is 1. The van der Waals surface area contributed by atoms with Crippen LogP contribution in [0.4, 0.5) is 0 Å². The number of aliphatic hydroxyl groups excluding tert-OH is 1. The van der Waals surface area contributed by atoms with Crippen LogP contribution in [0.25, 0.3) is 0 Å². The zero-order valence-electron chi connectivity index (χ0n) is 11.7. The van der Waals surface area contributed by atoms with E-state index in [-0.39, 0.29) is 19.7 Å². The van der Waals surface area contributed by atoms with Crippen LogP contribution in [0.2, 0.25) is 0 Å². The van der Waals surface area contributed by atoms with Crippen LogP contribution in [0.1, 0.15) is 26.7 Å². The fraction of sp³-hybridized carbons (Fsp3) is 0.909. The largest absolute Gasteiger partial charge is 0.465 e. The standard InChI is InChI=1S/C11H22N2O6S/c1-3-19-10(15)9-5-4-6-13(9)20(17,18)12-7-11(2,16)8-14/h9,12,14,16H,3-8H2,1-2H3. The van der Waals surface area contributed by atoms with Gasteiger partial charge in [-0.05, 0) is 26.7 Å². The summed E-state index contributed by atoms with van der Waals surface area (Å²) in [6, 6.07) is -0.827. The summed E-state index contributed by atoms with van der Waals surface area (Å²) < 4.78 is 32.4. The number of carbonyl (C=O) groups excluding carboxylic acids is 1. The minimum Gasteiger partial charge on any atom is -0.465 e. The van der Waals surface area contributed by atoms with E-state index in [9.17, 15) is 18.3 Å². The summed E-state index contributed by atoms with van der Waals surface area (Å²) in [6.07, 6.45) is 0.983. The summed E-state index contributed by atoms with van der Waals surface area (Å²) in [5, 5.41) is 18.5. The van der Waals surface area contributed by atoms with E-state index in [0.717, 1.165) is 4.31 Å². The maximum Gasteiger partial charge on any atom is 0.324 e. The molecule has 0 saturated carbocycles. The van der Waals surface area contributed by atoms with E-state index in [4.69, 9.17) is 9.84 Å². The van der Waals surface area contributed by atoms with Crippen molar-refractivity contribution in [1.82, 2.24) is 9.03 Å². The van der Waals surface area contributed by atoms with Crippen molar-refractivity contribution < 1.29 is 28.2 Å². The Morgan fingerprint density at radius 2 is 2.20 bits per heavy atom. The number of rotatable bonds is 7. The molecule has 3 N–H and O–H groups in total. The van der Waals surface area contributed by atoms with Crippen molar-refractivity contribution in [3.63, 3.8) is 0 Å². The van der Waals surface area contributed by atoms with Crippen molar-refractivity contribution in [2.24, 2.45) is 0 Å². The molecule has 0 radical (unpaired) electrons. The van der Waals surface area contributed by atoms with Gasteiger partial charge >= 0.3 is 5.97 Å². The summed E-state index contributed by atoms with van der Waals surface area (Å²) in [5.41, 5.74) is -1.55. The third kappa shape index (κ3) is 4.38. The molecule has 8 nitrogen and oxygen atoms in total. The Balaban J connectivity index is 2.73. The summed E-state index contributed by atoms with van der Waals surface area (Å²) in [5.74, 6) is -0.565. The molecule has 0 aromatic carbocycles. The molecule has 0 bridgehead atoms. The monoisotopic (exact) mass is 310 g/mol. The van der Waals surface area contributed by atoms with Crippen LogP contribution in [0.15, 0.2) is 0 Å². The molecule has 0 spiro atoms. The van der Waals surface area contributed by atoms with Crippen LogP contribution >= 0.6 is 0 Å². The van der Waals surface area contributed by atoms with Crippen LogP contribution in [0.5, 0.6) is 0 Å². The number of nitrogens with one attached hydrogen (secondary N) is 1. The summed E-state index contributed by atoms with van der Waals surface area (Å²) >= 11 is 0. The van der Waals surface area contributed by atoms with Gasteiger partial charge in [0.1, 0.15) is 6.04 Å². The van der Waals surface area contributed by atoms with E-state index in [1.807, 2.05) is 0 Å². The highest BCUT2D eigenvalue weighted by Crippen LogP contribution is 2.21. The molecule has 1 aliphatic heterocycles. The SMILES string of the molecule is CCOC(=O)C1CCCN1S(=O)(=O)NCC(C)(O)CO. The van der Waals surface area contributed by atoms with Crippen LogP contribution in [0.3, 0.4) is 0 Å². The predicted octanol–water partition coefficient (Wildman–Crippen LogP) is -1.41. The van der Waals surface area contributed by atoms with Crippen molar-refractivity contribution in [2.75, 3.05) is 26.3 Å². The molecule has 0 aromatic rings. The van der Waals surface area contributed by atoms with E-state index in [1.54, 1.807) is 6.92 Å². The summed E-state index contributed by atoms with van der Waals surface area (Å²) in [4.78, 5) is 11.7. The van der Waals surface area contributed by atoms with E-state index in [2.05, 4.69) is 4.72 Å². The first-order chi connectivity index (χ1) is 9.23. The molecule has 1 fully saturated rings. The maximum atomic E-state index is 12.1. The quantitative estimate of drug-likeness (QED) is 0.498. The third-order valence-electron chi connectivity index (χ3n) is 3.05. The number of hydrogen-bond acceptors (Lipinski definition) is 6. The van der Waals surface area contributed by atoms with Gasteiger partial charge in [0.05, 0.1) is 18.8 Å². The third-order valence-corrected chi connectivity index (χ3v) is 4.61. The molecule has 2 unspecified atom stereocenters. The number of aliphatic hydroxyl groups is 2. The van der Waals surface area contributed by atoms with E-state index < -0.39 is 34.4 Å². The lowest BCUT2D eigenvalue weighted by molar-refractivity contribution is -0.146. The van der Waals surface area contributed by atoms with Crippen molar-refractivity contribution in [2.45, 2.75) is 38.3 Å².